The molecule has 6 heteroatoms. The molecule has 0 fully saturated rings. The molecule has 0 spiro atoms. The number of H-pyrrole nitrogens is 1. The summed E-state index contributed by atoms with van der Waals surface area (Å²) in [5.41, 5.74) is 4.29. The topological polar surface area (TPSA) is 79.9 Å². The fraction of sp³-hybridized carbons (Fsp3) is 0.240. The number of nitrogens with one attached hydrogen (secondary N) is 2. The Bertz CT molecular complexity index is 1170. The smallest absolute Gasteiger partial charge is 0.248 e. The molecule has 2 N–H and O–H groups in total. The van der Waals surface area contributed by atoms with Gasteiger partial charge in [-0.15, -0.1) is 0 Å². The van der Waals surface area contributed by atoms with Crippen LogP contribution in [0.3, 0.4) is 0 Å². The van der Waals surface area contributed by atoms with Crippen LogP contribution in [0, 0.1) is 0 Å². The van der Waals surface area contributed by atoms with Gasteiger partial charge in [-0.3, -0.25) is 14.8 Å². The third-order valence-corrected chi connectivity index (χ3v) is 5.06. The molecule has 31 heavy (non-hydrogen) atoms. The molecule has 4 rings (SSSR count). The Morgan fingerprint density at radius 2 is 1.94 bits per heavy atom. The number of hydrogen-bond donors (Lipinski definition) is 2. The van der Waals surface area contributed by atoms with Crippen LogP contribution in [0.1, 0.15) is 23.2 Å². The number of pyridine rings is 3. The Balaban J connectivity index is 1.17. The van der Waals surface area contributed by atoms with E-state index in [9.17, 15) is 4.79 Å². The van der Waals surface area contributed by atoms with Crippen molar-refractivity contribution in [2.45, 2.75) is 25.8 Å². The van der Waals surface area contributed by atoms with Crippen molar-refractivity contribution in [1.82, 2.24) is 20.3 Å². The summed E-state index contributed by atoms with van der Waals surface area (Å²) in [4.78, 5) is 22.8. The highest BCUT2D eigenvalue weighted by molar-refractivity contribution is 5.79. The van der Waals surface area contributed by atoms with Crippen molar-refractivity contribution >= 4 is 10.9 Å². The average molecular weight is 415 g/mol. The summed E-state index contributed by atoms with van der Waals surface area (Å²) in [5, 5.41) is 4.43. The van der Waals surface area contributed by atoms with E-state index >= 15 is 0 Å². The maximum Gasteiger partial charge on any atom is 0.248 e. The second-order valence-electron chi connectivity index (χ2n) is 7.47. The van der Waals surface area contributed by atoms with Gasteiger partial charge in [0.05, 0.1) is 6.61 Å². The Kier molecular flexibility index (Phi) is 7.03. The Morgan fingerprint density at radius 3 is 2.84 bits per heavy atom. The van der Waals surface area contributed by atoms with E-state index in [-0.39, 0.29) is 5.56 Å². The number of aryl methyl sites for hydroxylation is 2. The number of ether oxygens (including phenoxy) is 1. The van der Waals surface area contributed by atoms with Gasteiger partial charge in [0.25, 0.3) is 0 Å². The van der Waals surface area contributed by atoms with Crippen molar-refractivity contribution < 1.29 is 4.74 Å². The third kappa shape index (κ3) is 6.23. The Morgan fingerprint density at radius 1 is 0.968 bits per heavy atom. The lowest BCUT2D eigenvalue weighted by Gasteiger charge is -2.09. The van der Waals surface area contributed by atoms with Crippen LogP contribution >= 0.6 is 0 Å². The monoisotopic (exact) mass is 414 g/mol. The first kappa shape index (κ1) is 20.8. The molecule has 1 aromatic carbocycles. The minimum Gasteiger partial charge on any atom is -0.494 e. The van der Waals surface area contributed by atoms with Gasteiger partial charge in [0.2, 0.25) is 5.56 Å². The molecule has 0 amide bonds. The maximum atomic E-state index is 11.4. The highest BCUT2D eigenvalue weighted by atomic mass is 16.5. The fourth-order valence-corrected chi connectivity index (χ4v) is 3.44. The van der Waals surface area contributed by atoms with E-state index in [2.05, 4.69) is 38.5 Å². The lowest BCUT2D eigenvalue weighted by atomic mass is 10.1. The van der Waals surface area contributed by atoms with Crippen molar-refractivity contribution in [3.63, 3.8) is 0 Å². The van der Waals surface area contributed by atoms with Crippen molar-refractivity contribution in [2.75, 3.05) is 13.2 Å². The molecule has 0 aliphatic carbocycles. The van der Waals surface area contributed by atoms with Crippen molar-refractivity contribution in [2.24, 2.45) is 0 Å². The molecular weight excluding hydrogens is 388 g/mol. The van der Waals surface area contributed by atoms with Gasteiger partial charge in [-0.2, -0.15) is 0 Å². The lowest BCUT2D eigenvalue weighted by Crippen LogP contribution is -2.17. The van der Waals surface area contributed by atoms with Gasteiger partial charge in [-0.1, -0.05) is 6.07 Å². The van der Waals surface area contributed by atoms with Crippen LogP contribution < -0.4 is 15.6 Å². The average Bonchev–Trinajstić information content (AvgIpc) is 2.81. The summed E-state index contributed by atoms with van der Waals surface area (Å²) >= 11 is 0. The molecule has 6 nitrogen and oxygen atoms in total. The fourth-order valence-electron chi connectivity index (χ4n) is 3.44. The van der Waals surface area contributed by atoms with E-state index in [1.165, 1.54) is 17.2 Å². The standard InChI is InChI=1S/C25H26N4O2/c30-25-9-5-21-16-23(7-8-24(21)29-25)31-14-2-12-27-18-20-10-13-28-22(15-20)6-4-19-3-1-11-26-17-19/h1,3,5,7-11,13,15-17,27H,2,4,6,12,14,18H2,(H,29,30). The first-order chi connectivity index (χ1) is 15.3. The second kappa shape index (κ2) is 10.5. The largest absolute Gasteiger partial charge is 0.494 e. The molecule has 158 valence electrons. The van der Waals surface area contributed by atoms with Gasteiger partial charge in [0, 0.05) is 47.8 Å². The second-order valence-corrected chi connectivity index (χ2v) is 7.47. The number of benzene rings is 1. The Labute approximate surface area is 181 Å². The quantitative estimate of drug-likeness (QED) is 0.387. The van der Waals surface area contributed by atoms with E-state index in [4.69, 9.17) is 4.74 Å². The van der Waals surface area contributed by atoms with Gasteiger partial charge in [-0.05, 0) is 79.4 Å². The van der Waals surface area contributed by atoms with Gasteiger partial charge in [0.1, 0.15) is 5.75 Å². The highest BCUT2D eigenvalue weighted by Gasteiger charge is 2.01. The minimum atomic E-state index is -0.0953. The summed E-state index contributed by atoms with van der Waals surface area (Å²) in [6.45, 7) is 2.31. The first-order valence-electron chi connectivity index (χ1n) is 10.6. The van der Waals surface area contributed by atoms with Gasteiger partial charge in [0.15, 0.2) is 0 Å². The summed E-state index contributed by atoms with van der Waals surface area (Å²) in [5.74, 6) is 0.812. The number of fused-ring (bicyclic) bond motifs is 1. The number of aromatic amines is 1. The number of hydrogen-bond acceptors (Lipinski definition) is 5. The van der Waals surface area contributed by atoms with Crippen LogP contribution in [0.5, 0.6) is 5.75 Å². The molecule has 3 aromatic heterocycles. The van der Waals surface area contributed by atoms with Crippen LogP contribution in [-0.2, 0) is 19.4 Å². The predicted molar refractivity (Wildman–Crippen MR) is 122 cm³/mol. The van der Waals surface area contributed by atoms with Crippen LogP contribution in [0.25, 0.3) is 10.9 Å². The zero-order chi connectivity index (χ0) is 21.3. The number of rotatable bonds is 10. The summed E-state index contributed by atoms with van der Waals surface area (Å²) in [7, 11) is 0. The van der Waals surface area contributed by atoms with E-state index in [1.54, 1.807) is 6.20 Å². The van der Waals surface area contributed by atoms with E-state index < -0.39 is 0 Å². The molecule has 0 unspecified atom stereocenters. The van der Waals surface area contributed by atoms with Gasteiger partial charge < -0.3 is 15.0 Å². The molecule has 0 saturated carbocycles. The highest BCUT2D eigenvalue weighted by Crippen LogP contribution is 2.18. The molecule has 0 aliphatic rings. The zero-order valence-corrected chi connectivity index (χ0v) is 17.4. The SMILES string of the molecule is O=c1ccc2cc(OCCCNCc3ccnc(CCc4cccnc4)c3)ccc2[nH]1. The predicted octanol–water partition coefficient (Wildman–Crippen LogP) is 3.66. The lowest BCUT2D eigenvalue weighted by molar-refractivity contribution is 0.308. The summed E-state index contributed by atoms with van der Waals surface area (Å²) < 4.78 is 5.84. The van der Waals surface area contributed by atoms with E-state index in [1.807, 2.05) is 42.7 Å². The number of aromatic nitrogens is 3. The van der Waals surface area contributed by atoms with Gasteiger partial charge >= 0.3 is 0 Å². The van der Waals surface area contributed by atoms with Gasteiger partial charge in [-0.25, -0.2) is 0 Å². The number of nitrogens with zero attached hydrogens (tertiary/aromatic N) is 2. The molecule has 0 saturated heterocycles. The van der Waals surface area contributed by atoms with E-state index in [0.717, 1.165) is 54.7 Å². The molecule has 0 radical (unpaired) electrons. The molecule has 0 bridgehead atoms. The summed E-state index contributed by atoms with van der Waals surface area (Å²) in [6.07, 6.45) is 8.34. The maximum absolute atomic E-state index is 11.4. The first-order valence-corrected chi connectivity index (χ1v) is 10.6. The molecule has 4 aromatic rings. The van der Waals surface area contributed by atoms with Crippen LogP contribution in [0.2, 0.25) is 0 Å². The normalized spacial score (nSPS) is 11.0. The van der Waals surface area contributed by atoms with Crippen LogP contribution in [0.4, 0.5) is 0 Å². The zero-order valence-electron chi connectivity index (χ0n) is 17.4. The van der Waals surface area contributed by atoms with Crippen molar-refractivity contribution in [3.8, 4) is 5.75 Å². The van der Waals surface area contributed by atoms with Crippen molar-refractivity contribution in [3.05, 3.63) is 100 Å². The van der Waals surface area contributed by atoms with Crippen LogP contribution in [-0.4, -0.2) is 28.1 Å². The molecule has 0 atom stereocenters. The van der Waals surface area contributed by atoms with Crippen LogP contribution in [0.15, 0.2) is 78.0 Å². The minimum absolute atomic E-state index is 0.0953. The summed E-state index contributed by atoms with van der Waals surface area (Å²) in [6, 6.07) is 17.3. The van der Waals surface area contributed by atoms with E-state index in [0.29, 0.717) is 6.61 Å². The third-order valence-electron chi connectivity index (χ3n) is 5.06. The molecular formula is C25H26N4O2. The van der Waals surface area contributed by atoms with Crippen molar-refractivity contribution in [1.29, 1.82) is 0 Å². The molecule has 3 heterocycles. The molecule has 0 aliphatic heterocycles. The Hall–Kier alpha value is -3.51.